The molecule has 0 radical (unpaired) electrons. The third-order valence-corrected chi connectivity index (χ3v) is 4.32. The van der Waals surface area contributed by atoms with E-state index in [0.29, 0.717) is 5.56 Å². The van der Waals surface area contributed by atoms with Gasteiger partial charge in [-0.1, -0.05) is 12.1 Å². The molecule has 0 aliphatic heterocycles. The fourth-order valence-corrected chi connectivity index (χ4v) is 2.94. The van der Waals surface area contributed by atoms with Gasteiger partial charge in [-0.05, 0) is 30.2 Å². The third kappa shape index (κ3) is 3.83. The molecule has 7 nitrogen and oxygen atoms in total. The van der Waals surface area contributed by atoms with Crippen LogP contribution in [0.5, 0.6) is 5.75 Å². The highest BCUT2D eigenvalue weighted by molar-refractivity contribution is 7.89. The maximum absolute atomic E-state index is 12.0. The van der Waals surface area contributed by atoms with Crippen LogP contribution in [-0.2, 0) is 21.2 Å². The predicted molar refractivity (Wildman–Crippen MR) is 74.3 cm³/mol. The van der Waals surface area contributed by atoms with Crippen LogP contribution in [0.4, 0.5) is 0 Å². The molecule has 1 heterocycles. The van der Waals surface area contributed by atoms with Crippen LogP contribution in [0.2, 0.25) is 0 Å². The number of carbonyl (C=O) groups is 1. The van der Waals surface area contributed by atoms with Crippen molar-refractivity contribution in [1.29, 1.82) is 0 Å². The van der Waals surface area contributed by atoms with Gasteiger partial charge >= 0.3 is 5.97 Å². The molecule has 0 aliphatic carbocycles. The fourth-order valence-electron chi connectivity index (χ4n) is 1.78. The Morgan fingerprint density at radius 3 is 2.43 bits per heavy atom. The highest BCUT2D eigenvalue weighted by Gasteiger charge is 2.25. The second-order valence-electron chi connectivity index (χ2n) is 4.43. The second kappa shape index (κ2) is 5.98. The number of hydrogen-bond donors (Lipinski definition) is 4. The van der Waals surface area contributed by atoms with E-state index in [9.17, 15) is 18.3 Å². The number of phenolic OH excluding ortho intramolecular Hbond substituents is 1. The van der Waals surface area contributed by atoms with E-state index in [0.717, 1.165) is 0 Å². The largest absolute Gasteiger partial charge is 0.508 e. The van der Waals surface area contributed by atoms with E-state index >= 15 is 0 Å². The maximum atomic E-state index is 12.0. The summed E-state index contributed by atoms with van der Waals surface area (Å²) in [6.45, 7) is 0. The van der Waals surface area contributed by atoms with E-state index in [1.165, 1.54) is 42.7 Å². The minimum atomic E-state index is -3.90. The van der Waals surface area contributed by atoms with Gasteiger partial charge < -0.3 is 15.2 Å². The van der Waals surface area contributed by atoms with Crippen LogP contribution in [0.1, 0.15) is 5.56 Å². The lowest BCUT2D eigenvalue weighted by Gasteiger charge is -2.14. The number of sulfonamides is 1. The Bertz CT molecular complexity index is 708. The molecule has 0 saturated carbocycles. The van der Waals surface area contributed by atoms with E-state index in [1.807, 2.05) is 0 Å². The summed E-state index contributed by atoms with van der Waals surface area (Å²) in [5.41, 5.74) is 0.594. The zero-order chi connectivity index (χ0) is 15.5. The van der Waals surface area contributed by atoms with E-state index < -0.39 is 22.0 Å². The average molecular weight is 310 g/mol. The number of phenols is 1. The first-order valence-electron chi connectivity index (χ1n) is 6.04. The van der Waals surface area contributed by atoms with Crippen molar-refractivity contribution < 1.29 is 23.4 Å². The summed E-state index contributed by atoms with van der Waals surface area (Å²) in [5.74, 6) is -1.22. The molecular weight excluding hydrogens is 296 g/mol. The molecule has 21 heavy (non-hydrogen) atoms. The van der Waals surface area contributed by atoms with Crippen molar-refractivity contribution in [2.45, 2.75) is 17.4 Å². The lowest BCUT2D eigenvalue weighted by Crippen LogP contribution is -2.42. The predicted octanol–water partition coefficient (Wildman–Crippen LogP) is 0.695. The summed E-state index contributed by atoms with van der Waals surface area (Å²) in [6, 6.07) is 5.94. The van der Waals surface area contributed by atoms with E-state index in [4.69, 9.17) is 5.11 Å². The highest BCUT2D eigenvalue weighted by atomic mass is 32.2. The zero-order valence-corrected chi connectivity index (χ0v) is 11.7. The number of benzene rings is 1. The molecule has 2 aromatic rings. The van der Waals surface area contributed by atoms with Crippen LogP contribution in [-0.4, -0.2) is 35.6 Å². The molecule has 0 aliphatic rings. The minimum absolute atomic E-state index is 0.0283. The van der Waals surface area contributed by atoms with Gasteiger partial charge in [0.25, 0.3) is 0 Å². The van der Waals surface area contributed by atoms with Crippen LogP contribution in [0.15, 0.2) is 47.6 Å². The van der Waals surface area contributed by atoms with Gasteiger partial charge in [0.1, 0.15) is 11.8 Å². The lowest BCUT2D eigenvalue weighted by molar-refractivity contribution is -0.138. The number of carboxylic acid groups (broad SMARTS) is 1. The van der Waals surface area contributed by atoms with E-state index in [-0.39, 0.29) is 17.1 Å². The van der Waals surface area contributed by atoms with Crippen molar-refractivity contribution in [1.82, 2.24) is 9.71 Å². The van der Waals surface area contributed by atoms with Gasteiger partial charge in [-0.2, -0.15) is 4.72 Å². The summed E-state index contributed by atoms with van der Waals surface area (Å²) in [7, 11) is -3.90. The molecule has 0 saturated heterocycles. The summed E-state index contributed by atoms with van der Waals surface area (Å²) in [6.07, 6.45) is 2.67. The maximum Gasteiger partial charge on any atom is 0.322 e. The van der Waals surface area contributed by atoms with Crippen LogP contribution < -0.4 is 4.72 Å². The van der Waals surface area contributed by atoms with Gasteiger partial charge in [0.05, 0.1) is 4.90 Å². The Balaban J connectivity index is 2.17. The standard InChI is InChI=1S/C13H14N2O5S/c16-10-3-1-9(2-4-10)7-12(13(17)18)15-21(19,20)11-5-6-14-8-11/h1-6,8,12,14-16H,7H2,(H,17,18)/t12-/m1/s1. The first kappa shape index (κ1) is 15.1. The Kier molecular flexibility index (Phi) is 4.29. The molecule has 0 bridgehead atoms. The summed E-state index contributed by atoms with van der Waals surface area (Å²) >= 11 is 0. The quantitative estimate of drug-likeness (QED) is 0.626. The van der Waals surface area contributed by atoms with E-state index in [2.05, 4.69) is 9.71 Å². The number of aromatic amines is 1. The van der Waals surface area contributed by atoms with Gasteiger partial charge in [-0.3, -0.25) is 4.79 Å². The van der Waals surface area contributed by atoms with Crippen LogP contribution in [0.3, 0.4) is 0 Å². The van der Waals surface area contributed by atoms with Crippen molar-refractivity contribution in [3.8, 4) is 5.75 Å². The van der Waals surface area contributed by atoms with Crippen molar-refractivity contribution in [3.63, 3.8) is 0 Å². The van der Waals surface area contributed by atoms with E-state index in [1.54, 1.807) is 0 Å². The smallest absolute Gasteiger partial charge is 0.322 e. The molecule has 4 N–H and O–H groups in total. The molecule has 0 unspecified atom stereocenters. The number of aliphatic carboxylic acids is 1. The van der Waals surface area contributed by atoms with Crippen molar-refractivity contribution in [2.24, 2.45) is 0 Å². The molecule has 1 aromatic carbocycles. The molecule has 0 amide bonds. The fraction of sp³-hybridized carbons (Fsp3) is 0.154. The Morgan fingerprint density at radius 2 is 1.90 bits per heavy atom. The van der Waals surface area contributed by atoms with Gasteiger partial charge in [0.15, 0.2) is 0 Å². The minimum Gasteiger partial charge on any atom is -0.508 e. The van der Waals surface area contributed by atoms with Gasteiger partial charge in [0.2, 0.25) is 10.0 Å². The Labute approximate surface area is 121 Å². The molecule has 1 aromatic heterocycles. The normalized spacial score (nSPS) is 13.0. The van der Waals surface area contributed by atoms with Crippen molar-refractivity contribution in [3.05, 3.63) is 48.3 Å². The lowest BCUT2D eigenvalue weighted by atomic mass is 10.1. The number of hydrogen-bond acceptors (Lipinski definition) is 4. The molecule has 112 valence electrons. The van der Waals surface area contributed by atoms with Crippen LogP contribution in [0.25, 0.3) is 0 Å². The molecule has 2 rings (SSSR count). The van der Waals surface area contributed by atoms with Gasteiger partial charge in [-0.15, -0.1) is 0 Å². The number of rotatable bonds is 6. The highest BCUT2D eigenvalue weighted by Crippen LogP contribution is 2.13. The molecular formula is C13H14N2O5S. The van der Waals surface area contributed by atoms with Crippen molar-refractivity contribution in [2.75, 3.05) is 0 Å². The number of aromatic hydroxyl groups is 1. The molecule has 8 heteroatoms. The van der Waals surface area contributed by atoms with Gasteiger partial charge in [0, 0.05) is 12.4 Å². The van der Waals surface area contributed by atoms with Crippen molar-refractivity contribution >= 4 is 16.0 Å². The molecule has 0 spiro atoms. The number of carboxylic acids is 1. The number of H-pyrrole nitrogens is 1. The average Bonchev–Trinajstić information content (AvgIpc) is 2.95. The number of nitrogens with one attached hydrogen (secondary N) is 2. The van der Waals surface area contributed by atoms with Gasteiger partial charge in [-0.25, -0.2) is 8.42 Å². The SMILES string of the molecule is O=C(O)[C@@H](Cc1ccc(O)cc1)NS(=O)(=O)c1cc[nH]c1. The first-order valence-corrected chi connectivity index (χ1v) is 7.52. The molecule has 0 fully saturated rings. The first-order chi connectivity index (χ1) is 9.88. The Morgan fingerprint density at radius 1 is 1.24 bits per heavy atom. The summed E-state index contributed by atoms with van der Waals surface area (Å²) in [5, 5.41) is 18.3. The zero-order valence-electron chi connectivity index (χ0n) is 10.9. The summed E-state index contributed by atoms with van der Waals surface area (Å²) < 4.78 is 26.2. The number of aromatic nitrogens is 1. The summed E-state index contributed by atoms with van der Waals surface area (Å²) in [4.78, 5) is 13.8. The third-order valence-electron chi connectivity index (χ3n) is 2.85. The topological polar surface area (TPSA) is 119 Å². The Hall–Kier alpha value is -2.32. The monoisotopic (exact) mass is 310 g/mol. The van der Waals surface area contributed by atoms with Crippen LogP contribution >= 0.6 is 0 Å². The molecule has 1 atom stereocenters. The second-order valence-corrected chi connectivity index (χ2v) is 6.14. The van der Waals surface area contributed by atoms with Crippen LogP contribution in [0, 0.1) is 0 Å².